The maximum atomic E-state index is 5.58. The van der Waals surface area contributed by atoms with Crippen molar-refractivity contribution in [3.63, 3.8) is 0 Å². The van der Waals surface area contributed by atoms with Crippen molar-refractivity contribution in [1.29, 1.82) is 0 Å². The maximum Gasteiger partial charge on any atom is 0.119 e. The largest absolute Gasteiger partial charge is 0.497 e. The summed E-state index contributed by atoms with van der Waals surface area (Å²) in [6.45, 7) is 3.58. The third-order valence-corrected chi connectivity index (χ3v) is 2.90. The van der Waals surface area contributed by atoms with E-state index in [1.807, 2.05) is 25.1 Å². The summed E-state index contributed by atoms with van der Waals surface area (Å²) in [6.07, 6.45) is 2.93. The van der Waals surface area contributed by atoms with Gasteiger partial charge < -0.3 is 9.47 Å². The molecule has 1 unspecified atom stereocenters. The molecule has 1 rings (SSSR count). The van der Waals surface area contributed by atoms with Gasteiger partial charge in [-0.3, -0.25) is 11.3 Å². The molecule has 0 fully saturated rings. The summed E-state index contributed by atoms with van der Waals surface area (Å²) in [5.41, 5.74) is 4.10. The Morgan fingerprint density at radius 2 is 2.22 bits per heavy atom. The number of rotatable bonds is 9. The predicted molar refractivity (Wildman–Crippen MR) is 73.5 cm³/mol. The predicted octanol–water partition coefficient (Wildman–Crippen LogP) is 1.89. The Balaban J connectivity index is 2.41. The van der Waals surface area contributed by atoms with Crippen molar-refractivity contribution in [2.45, 2.75) is 32.2 Å². The molecular formula is C14H24N2O2. The van der Waals surface area contributed by atoms with Gasteiger partial charge in [-0.1, -0.05) is 12.1 Å². The van der Waals surface area contributed by atoms with Crippen molar-refractivity contribution < 1.29 is 9.47 Å². The Labute approximate surface area is 109 Å². The van der Waals surface area contributed by atoms with Crippen LogP contribution in [0.25, 0.3) is 0 Å². The topological polar surface area (TPSA) is 56.5 Å². The van der Waals surface area contributed by atoms with Crippen molar-refractivity contribution in [3.8, 4) is 5.75 Å². The van der Waals surface area contributed by atoms with Gasteiger partial charge >= 0.3 is 0 Å². The monoisotopic (exact) mass is 252 g/mol. The lowest BCUT2D eigenvalue weighted by atomic mass is 10.0. The standard InChI is InChI=1S/C14H24N2O2/c1-3-18-9-5-7-13(16-15)10-12-6-4-8-14(11-12)17-2/h4,6,8,11,13,16H,3,5,7,9-10,15H2,1-2H3. The SMILES string of the molecule is CCOCCCC(Cc1cccc(OC)c1)NN. The number of nitrogens with two attached hydrogens (primary N) is 1. The number of hydrogen-bond acceptors (Lipinski definition) is 4. The summed E-state index contributed by atoms with van der Waals surface area (Å²) >= 11 is 0. The molecule has 0 aromatic heterocycles. The quantitative estimate of drug-likeness (QED) is 0.400. The Morgan fingerprint density at radius 3 is 2.89 bits per heavy atom. The van der Waals surface area contributed by atoms with Gasteiger partial charge in [-0.25, -0.2) is 0 Å². The highest BCUT2D eigenvalue weighted by atomic mass is 16.5. The van der Waals surface area contributed by atoms with Gasteiger partial charge in [0, 0.05) is 19.3 Å². The summed E-state index contributed by atoms with van der Waals surface area (Å²) in [6, 6.07) is 8.37. The van der Waals surface area contributed by atoms with Crippen LogP contribution in [-0.4, -0.2) is 26.4 Å². The molecule has 1 aromatic rings. The highest BCUT2D eigenvalue weighted by molar-refractivity contribution is 5.28. The zero-order valence-corrected chi connectivity index (χ0v) is 11.3. The second kappa shape index (κ2) is 8.91. The molecular weight excluding hydrogens is 228 g/mol. The molecule has 0 saturated carbocycles. The van der Waals surface area contributed by atoms with Crippen LogP contribution in [0.1, 0.15) is 25.3 Å². The van der Waals surface area contributed by atoms with Gasteiger partial charge in [-0.15, -0.1) is 0 Å². The molecule has 0 bridgehead atoms. The number of benzene rings is 1. The maximum absolute atomic E-state index is 5.58. The lowest BCUT2D eigenvalue weighted by Crippen LogP contribution is -2.36. The molecule has 4 heteroatoms. The molecule has 0 saturated heterocycles. The highest BCUT2D eigenvalue weighted by Gasteiger charge is 2.08. The lowest BCUT2D eigenvalue weighted by Gasteiger charge is -2.16. The highest BCUT2D eigenvalue weighted by Crippen LogP contribution is 2.15. The summed E-state index contributed by atoms with van der Waals surface area (Å²) < 4.78 is 10.5. The van der Waals surface area contributed by atoms with E-state index in [0.29, 0.717) is 0 Å². The molecule has 102 valence electrons. The minimum absolute atomic E-state index is 0.276. The molecule has 4 nitrogen and oxygen atoms in total. The van der Waals surface area contributed by atoms with Gasteiger partial charge in [-0.2, -0.15) is 0 Å². The van der Waals surface area contributed by atoms with Gasteiger partial charge in [0.05, 0.1) is 7.11 Å². The van der Waals surface area contributed by atoms with Crippen LogP contribution in [0.5, 0.6) is 5.75 Å². The van der Waals surface area contributed by atoms with Gasteiger partial charge in [0.15, 0.2) is 0 Å². The molecule has 0 aliphatic rings. The van der Waals surface area contributed by atoms with Crippen molar-refractivity contribution in [2.75, 3.05) is 20.3 Å². The molecule has 1 atom stereocenters. The van der Waals surface area contributed by atoms with E-state index in [1.165, 1.54) is 5.56 Å². The molecule has 0 heterocycles. The van der Waals surface area contributed by atoms with Gasteiger partial charge in [-0.05, 0) is 43.9 Å². The van der Waals surface area contributed by atoms with Crippen molar-refractivity contribution in [1.82, 2.24) is 5.43 Å². The fourth-order valence-electron chi connectivity index (χ4n) is 1.90. The first-order valence-electron chi connectivity index (χ1n) is 6.47. The van der Waals surface area contributed by atoms with Gasteiger partial charge in [0.25, 0.3) is 0 Å². The van der Waals surface area contributed by atoms with E-state index in [1.54, 1.807) is 7.11 Å². The first-order valence-corrected chi connectivity index (χ1v) is 6.47. The summed E-state index contributed by atoms with van der Waals surface area (Å²) in [7, 11) is 1.68. The van der Waals surface area contributed by atoms with E-state index in [0.717, 1.165) is 38.2 Å². The minimum Gasteiger partial charge on any atom is -0.497 e. The van der Waals surface area contributed by atoms with E-state index >= 15 is 0 Å². The first kappa shape index (κ1) is 15.0. The molecule has 0 aliphatic carbocycles. The fraction of sp³-hybridized carbons (Fsp3) is 0.571. The van der Waals surface area contributed by atoms with E-state index in [-0.39, 0.29) is 6.04 Å². The molecule has 18 heavy (non-hydrogen) atoms. The summed E-state index contributed by atoms with van der Waals surface area (Å²) in [5.74, 6) is 6.47. The van der Waals surface area contributed by atoms with Crippen LogP contribution in [-0.2, 0) is 11.2 Å². The Kier molecular flexibility index (Phi) is 7.41. The normalized spacial score (nSPS) is 12.4. The van der Waals surface area contributed by atoms with Crippen LogP contribution in [0.3, 0.4) is 0 Å². The second-order valence-corrected chi connectivity index (χ2v) is 4.26. The van der Waals surface area contributed by atoms with Crippen molar-refractivity contribution in [2.24, 2.45) is 5.84 Å². The Morgan fingerprint density at radius 1 is 1.39 bits per heavy atom. The molecule has 0 amide bonds. The summed E-state index contributed by atoms with van der Waals surface area (Å²) in [4.78, 5) is 0. The number of nitrogens with one attached hydrogen (secondary N) is 1. The zero-order chi connectivity index (χ0) is 13.2. The zero-order valence-electron chi connectivity index (χ0n) is 11.3. The third kappa shape index (κ3) is 5.49. The number of ether oxygens (including phenoxy) is 2. The third-order valence-electron chi connectivity index (χ3n) is 2.90. The number of hydrazine groups is 1. The molecule has 0 radical (unpaired) electrons. The van der Waals surface area contributed by atoms with Crippen molar-refractivity contribution in [3.05, 3.63) is 29.8 Å². The van der Waals surface area contributed by atoms with Crippen LogP contribution < -0.4 is 16.0 Å². The van der Waals surface area contributed by atoms with Crippen LogP contribution in [0.15, 0.2) is 24.3 Å². The first-order chi connectivity index (χ1) is 8.80. The van der Waals surface area contributed by atoms with E-state index < -0.39 is 0 Å². The van der Waals surface area contributed by atoms with Crippen LogP contribution in [0.2, 0.25) is 0 Å². The van der Waals surface area contributed by atoms with Crippen LogP contribution in [0, 0.1) is 0 Å². The average molecular weight is 252 g/mol. The molecule has 3 N–H and O–H groups in total. The number of hydrogen-bond donors (Lipinski definition) is 2. The fourth-order valence-corrected chi connectivity index (χ4v) is 1.90. The summed E-state index contributed by atoms with van der Waals surface area (Å²) in [5, 5.41) is 0. The Bertz CT molecular complexity index is 331. The number of methoxy groups -OCH3 is 1. The van der Waals surface area contributed by atoms with E-state index in [4.69, 9.17) is 15.3 Å². The van der Waals surface area contributed by atoms with Gasteiger partial charge in [0.1, 0.15) is 5.75 Å². The van der Waals surface area contributed by atoms with Gasteiger partial charge in [0.2, 0.25) is 0 Å². The van der Waals surface area contributed by atoms with E-state index in [2.05, 4.69) is 11.5 Å². The second-order valence-electron chi connectivity index (χ2n) is 4.26. The smallest absolute Gasteiger partial charge is 0.119 e. The van der Waals surface area contributed by atoms with Crippen LogP contribution >= 0.6 is 0 Å². The molecule has 0 aliphatic heterocycles. The minimum atomic E-state index is 0.276. The molecule has 1 aromatic carbocycles. The Hall–Kier alpha value is -1.10. The lowest BCUT2D eigenvalue weighted by molar-refractivity contribution is 0.140. The van der Waals surface area contributed by atoms with Crippen LogP contribution in [0.4, 0.5) is 0 Å². The molecule has 0 spiro atoms. The van der Waals surface area contributed by atoms with Crippen molar-refractivity contribution >= 4 is 0 Å². The average Bonchev–Trinajstić information content (AvgIpc) is 2.42. The van der Waals surface area contributed by atoms with E-state index in [9.17, 15) is 0 Å².